The van der Waals surface area contributed by atoms with Crippen molar-refractivity contribution in [3.63, 3.8) is 0 Å². The normalized spacial score (nSPS) is 13.1. The van der Waals surface area contributed by atoms with Gasteiger partial charge in [-0.2, -0.15) is 19.6 Å². The molecule has 0 aromatic rings. The Morgan fingerprint density at radius 3 is 0.340 bits per heavy atom. The Hall–Kier alpha value is -0.246. The van der Waals surface area contributed by atoms with Gasteiger partial charge in [-0.05, 0) is 27.7 Å². The fourth-order valence-electron chi connectivity index (χ4n) is 3.78. The van der Waals surface area contributed by atoms with Gasteiger partial charge in [0.15, 0.2) is 0 Å². The molecule has 0 aliphatic carbocycles. The number of hydrogen-bond donors (Lipinski definition) is 4. The third-order valence-electron chi connectivity index (χ3n) is 7.97. The smallest absolute Gasteiger partial charge is 0.347 e. The van der Waals surface area contributed by atoms with E-state index in [1.807, 2.05) is 0 Å². The van der Waals surface area contributed by atoms with Crippen LogP contribution in [-0.2, 0) is 117 Å². The molecule has 0 amide bonds. The molecule has 0 heterocycles. The molecule has 0 spiro atoms. The van der Waals surface area contributed by atoms with Crippen LogP contribution in [0.2, 0.25) is 0 Å². The fourth-order valence-corrected chi connectivity index (χ4v) is 3.78. The second-order valence-electron chi connectivity index (χ2n) is 9.64. The number of hydrogen-bond acceptors (Lipinski definition) is 24. The van der Waals surface area contributed by atoms with E-state index in [1.165, 1.54) is 141 Å². The van der Waals surface area contributed by atoms with Crippen LogP contribution in [0.25, 0.3) is 0 Å². The molecule has 0 rings (SSSR count). The van der Waals surface area contributed by atoms with E-state index in [-0.39, 0.29) is 21.7 Å². The Morgan fingerprint density at radius 2 is 0.321 bits per heavy atom. The van der Waals surface area contributed by atoms with Gasteiger partial charge >= 0.3 is 23.9 Å². The van der Waals surface area contributed by atoms with Crippen LogP contribution in [-0.4, -0.2) is 182 Å². The van der Waals surface area contributed by atoms with Crippen LogP contribution in [0.4, 0.5) is 0 Å². The zero-order chi connectivity index (χ0) is 42.1. The summed E-state index contributed by atoms with van der Waals surface area (Å²) in [7, 11) is 21.3. The molecular weight excluding hydrogens is 768 g/mol. The van der Waals surface area contributed by atoms with Gasteiger partial charge in [-0.3, -0.25) is 0 Å². The van der Waals surface area contributed by atoms with E-state index in [9.17, 15) is 0 Å². The molecule has 24 nitrogen and oxygen atoms in total. The van der Waals surface area contributed by atoms with Gasteiger partial charge in [0, 0.05) is 135 Å². The SMILES string of the molecule is COC(C)(OC)C(OC)(OC)OO.COC(C)(OC)C(OC)(OC)OO.COC(C)(OC)C(OC)(OC)OO.COC(C)(OC)C(OC)(OC)OO.[Ti]. The molecule has 0 saturated carbocycles. The summed E-state index contributed by atoms with van der Waals surface area (Å²) in [6.07, 6.45) is 0. The molecule has 0 fully saturated rings. The predicted octanol–water partition coefficient (Wildman–Crippen LogP) is 1.72. The first kappa shape index (κ1) is 62.0. The molecule has 4 N–H and O–H groups in total. The van der Waals surface area contributed by atoms with Crippen molar-refractivity contribution in [1.82, 2.24) is 0 Å². The third-order valence-corrected chi connectivity index (χ3v) is 7.97. The van der Waals surface area contributed by atoms with Crippen LogP contribution in [0.15, 0.2) is 0 Å². The summed E-state index contributed by atoms with van der Waals surface area (Å²) in [6.45, 7) is 5.98. The topological polar surface area (TPSA) is 266 Å². The van der Waals surface area contributed by atoms with E-state index in [2.05, 4.69) is 19.6 Å². The second kappa shape index (κ2) is 29.0. The standard InChI is InChI=1S/4C7H16O6.Ti/c4*1-6(9-2,10-3)7(11-4,12-5)13-8;/h4*8H,1-5H3;. The van der Waals surface area contributed by atoms with Crippen molar-refractivity contribution >= 4 is 0 Å². The Morgan fingerprint density at radius 1 is 0.226 bits per heavy atom. The molecule has 53 heavy (non-hydrogen) atoms. The van der Waals surface area contributed by atoms with Gasteiger partial charge in [-0.1, -0.05) is 0 Å². The summed E-state index contributed by atoms with van der Waals surface area (Å²) in [5.41, 5.74) is 0. The van der Waals surface area contributed by atoms with Crippen molar-refractivity contribution in [2.24, 2.45) is 0 Å². The van der Waals surface area contributed by atoms with Gasteiger partial charge in [0.25, 0.3) is 23.1 Å². The zero-order valence-corrected chi connectivity index (χ0v) is 36.0. The second-order valence-corrected chi connectivity index (χ2v) is 9.64. The maximum absolute atomic E-state index is 8.66. The van der Waals surface area contributed by atoms with E-state index >= 15 is 0 Å². The van der Waals surface area contributed by atoms with Crippen molar-refractivity contribution in [1.29, 1.82) is 0 Å². The van der Waals surface area contributed by atoms with Crippen LogP contribution in [0.1, 0.15) is 27.7 Å². The monoisotopic (exact) mass is 832 g/mol. The van der Waals surface area contributed by atoms with E-state index in [0.717, 1.165) is 0 Å². The minimum absolute atomic E-state index is 0. The van der Waals surface area contributed by atoms with Crippen molar-refractivity contribution in [2.45, 2.75) is 74.7 Å². The van der Waals surface area contributed by atoms with E-state index < -0.39 is 47.0 Å². The molecule has 0 unspecified atom stereocenters. The third kappa shape index (κ3) is 14.0. The molecule has 0 bridgehead atoms. The van der Waals surface area contributed by atoms with Gasteiger partial charge < -0.3 is 75.8 Å². The summed E-state index contributed by atoms with van der Waals surface area (Å²) in [5, 5.41) is 34.7. The average molecular weight is 833 g/mol. The van der Waals surface area contributed by atoms with Crippen molar-refractivity contribution in [2.75, 3.05) is 114 Å². The molecular formula is C28H64O24Ti. The fraction of sp³-hybridized carbons (Fsp3) is 1.00. The largest absolute Gasteiger partial charge is 0.366 e. The van der Waals surface area contributed by atoms with Gasteiger partial charge in [-0.15, -0.1) is 0 Å². The summed E-state index contributed by atoms with van der Waals surface area (Å²) in [5.74, 6) is -12.7. The maximum atomic E-state index is 8.66. The van der Waals surface area contributed by atoms with Crippen molar-refractivity contribution in [3.8, 4) is 0 Å². The summed E-state index contributed by atoms with van der Waals surface area (Å²) in [6, 6.07) is 0. The first-order valence-corrected chi connectivity index (χ1v) is 14.3. The quantitative estimate of drug-likeness (QED) is 0.0467. The molecule has 0 aliphatic rings. The first-order chi connectivity index (χ1) is 24.2. The van der Waals surface area contributed by atoms with E-state index in [1.54, 1.807) is 0 Å². The van der Waals surface area contributed by atoms with Gasteiger partial charge in [0.05, 0.1) is 0 Å². The van der Waals surface area contributed by atoms with Crippen molar-refractivity contribution < 1.29 is 138 Å². The van der Waals surface area contributed by atoms with E-state index in [0.29, 0.717) is 0 Å². The van der Waals surface area contributed by atoms with Gasteiger partial charge in [0.1, 0.15) is 0 Å². The molecule has 0 radical (unpaired) electrons. The molecule has 0 aromatic heterocycles. The molecule has 0 atom stereocenters. The summed E-state index contributed by atoms with van der Waals surface area (Å²) in [4.78, 5) is 16.4. The van der Waals surface area contributed by atoms with Crippen LogP contribution in [0, 0.1) is 0 Å². The van der Waals surface area contributed by atoms with Crippen LogP contribution in [0.5, 0.6) is 0 Å². The number of methoxy groups -OCH3 is 16. The molecule has 25 heteroatoms. The predicted molar refractivity (Wildman–Crippen MR) is 172 cm³/mol. The van der Waals surface area contributed by atoms with Gasteiger partial charge in [-0.25, -0.2) is 21.0 Å². The number of rotatable bonds is 24. The van der Waals surface area contributed by atoms with Crippen LogP contribution in [0.3, 0.4) is 0 Å². The maximum Gasteiger partial charge on any atom is 0.366 e. The Kier molecular flexibility index (Phi) is 34.0. The number of ether oxygens (including phenoxy) is 16. The average Bonchev–Trinajstić information content (AvgIpc) is 3.21. The summed E-state index contributed by atoms with van der Waals surface area (Å²) >= 11 is 0. The van der Waals surface area contributed by atoms with E-state index in [4.69, 9.17) is 96.8 Å². The minimum Gasteiger partial charge on any atom is -0.347 e. The molecule has 0 aliphatic heterocycles. The Balaban J connectivity index is -0.000000192. The Labute approximate surface area is 326 Å². The van der Waals surface area contributed by atoms with Crippen LogP contribution >= 0.6 is 0 Å². The van der Waals surface area contributed by atoms with Gasteiger partial charge in [0.2, 0.25) is 0 Å². The molecule has 324 valence electrons. The summed E-state index contributed by atoms with van der Waals surface area (Å²) < 4.78 is 78.5. The zero-order valence-electron chi connectivity index (χ0n) is 34.5. The van der Waals surface area contributed by atoms with Crippen molar-refractivity contribution in [3.05, 3.63) is 0 Å². The first-order valence-electron chi connectivity index (χ1n) is 14.3. The minimum atomic E-state index is -1.81. The molecule has 0 aromatic carbocycles. The van der Waals surface area contributed by atoms with Crippen LogP contribution < -0.4 is 0 Å². The Bertz CT molecular complexity index is 670. The molecule has 0 saturated heterocycles.